The van der Waals surface area contributed by atoms with Crippen LogP contribution in [0.15, 0.2) is 30.5 Å². The van der Waals surface area contributed by atoms with Crippen LogP contribution >= 0.6 is 11.3 Å². The third-order valence-electron chi connectivity index (χ3n) is 2.71. The molecule has 0 atom stereocenters. The molecule has 0 unspecified atom stereocenters. The second-order valence-electron chi connectivity index (χ2n) is 4.56. The summed E-state index contributed by atoms with van der Waals surface area (Å²) in [5, 5.41) is 12.1. The number of aliphatic carboxylic acids is 1. The number of thiophene rings is 1. The number of nitrogens with one attached hydrogen (secondary N) is 1. The lowest BCUT2D eigenvalue weighted by Crippen LogP contribution is -2.13. The van der Waals surface area contributed by atoms with E-state index >= 15 is 0 Å². The maximum atomic E-state index is 10.7. The van der Waals surface area contributed by atoms with Gasteiger partial charge >= 0.3 is 5.97 Å². The van der Waals surface area contributed by atoms with Crippen molar-refractivity contribution in [3.63, 3.8) is 0 Å². The zero-order chi connectivity index (χ0) is 14.5. The Labute approximate surface area is 121 Å². The largest absolute Gasteiger partial charge is 0.481 e. The summed E-state index contributed by atoms with van der Waals surface area (Å²) >= 11 is 1.52. The third-order valence-corrected chi connectivity index (χ3v) is 3.79. The van der Waals surface area contributed by atoms with Gasteiger partial charge in [-0.2, -0.15) is 0 Å². The number of aromatic nitrogens is 1. The molecule has 0 saturated carbocycles. The summed E-state index contributed by atoms with van der Waals surface area (Å²) < 4.78 is 0. The Bertz CT molecular complexity index is 596. The minimum atomic E-state index is -0.798. The molecule has 2 aromatic heterocycles. The van der Waals surface area contributed by atoms with E-state index in [9.17, 15) is 4.79 Å². The number of anilines is 2. The SMILES string of the molecule is CN(C)c1ncccc1NCc1ccc(CC(=O)O)s1. The Balaban J connectivity index is 2.02. The summed E-state index contributed by atoms with van der Waals surface area (Å²) in [5.74, 6) is 0.0864. The topological polar surface area (TPSA) is 65.5 Å². The van der Waals surface area contributed by atoms with Gasteiger partial charge in [-0.15, -0.1) is 11.3 Å². The fourth-order valence-electron chi connectivity index (χ4n) is 1.84. The molecule has 0 aliphatic rings. The number of hydrogen-bond donors (Lipinski definition) is 2. The van der Waals surface area contributed by atoms with E-state index in [-0.39, 0.29) is 6.42 Å². The lowest BCUT2D eigenvalue weighted by Gasteiger charge is -2.16. The molecule has 5 nitrogen and oxygen atoms in total. The Hall–Kier alpha value is -2.08. The summed E-state index contributed by atoms with van der Waals surface area (Å²) in [5.41, 5.74) is 0.964. The smallest absolute Gasteiger partial charge is 0.308 e. The predicted octanol–water partition coefficient (Wildman–Crippen LogP) is 2.45. The summed E-state index contributed by atoms with van der Waals surface area (Å²) in [6.07, 6.45) is 1.84. The average molecular weight is 291 g/mol. The van der Waals surface area contributed by atoms with E-state index in [2.05, 4.69) is 10.3 Å². The predicted molar refractivity (Wildman–Crippen MR) is 81.5 cm³/mol. The third kappa shape index (κ3) is 3.71. The molecule has 0 bridgehead atoms. The van der Waals surface area contributed by atoms with Crippen molar-refractivity contribution in [2.24, 2.45) is 0 Å². The van der Waals surface area contributed by atoms with Crippen LogP contribution in [-0.4, -0.2) is 30.2 Å². The van der Waals surface area contributed by atoms with Crippen molar-refractivity contribution in [1.82, 2.24) is 4.98 Å². The number of hydrogen-bond acceptors (Lipinski definition) is 5. The van der Waals surface area contributed by atoms with Gasteiger partial charge in [0, 0.05) is 36.6 Å². The van der Waals surface area contributed by atoms with Crippen LogP contribution in [0.4, 0.5) is 11.5 Å². The maximum absolute atomic E-state index is 10.7. The number of pyridine rings is 1. The van der Waals surface area contributed by atoms with E-state index in [0.29, 0.717) is 6.54 Å². The molecule has 106 valence electrons. The van der Waals surface area contributed by atoms with Crippen LogP contribution in [0.25, 0.3) is 0 Å². The van der Waals surface area contributed by atoms with Crippen molar-refractivity contribution >= 4 is 28.8 Å². The van der Waals surface area contributed by atoms with E-state index in [0.717, 1.165) is 21.3 Å². The van der Waals surface area contributed by atoms with Gasteiger partial charge in [0.1, 0.15) is 0 Å². The highest BCUT2D eigenvalue weighted by Gasteiger charge is 2.07. The highest BCUT2D eigenvalue weighted by molar-refractivity contribution is 7.12. The molecule has 0 saturated heterocycles. The van der Waals surface area contributed by atoms with Gasteiger partial charge in [-0.05, 0) is 24.3 Å². The highest BCUT2D eigenvalue weighted by atomic mass is 32.1. The molecule has 2 N–H and O–H groups in total. The molecule has 20 heavy (non-hydrogen) atoms. The minimum absolute atomic E-state index is 0.0838. The van der Waals surface area contributed by atoms with Gasteiger partial charge in [0.05, 0.1) is 12.1 Å². The van der Waals surface area contributed by atoms with Gasteiger partial charge in [0.2, 0.25) is 0 Å². The van der Waals surface area contributed by atoms with Crippen LogP contribution in [-0.2, 0) is 17.8 Å². The number of carboxylic acid groups (broad SMARTS) is 1. The molecule has 0 aliphatic heterocycles. The molecule has 0 fully saturated rings. The number of carbonyl (C=O) groups is 1. The number of carboxylic acids is 1. The minimum Gasteiger partial charge on any atom is -0.481 e. The quantitative estimate of drug-likeness (QED) is 0.856. The Morgan fingerprint density at radius 3 is 2.80 bits per heavy atom. The van der Waals surface area contributed by atoms with Crippen molar-refractivity contribution in [2.45, 2.75) is 13.0 Å². The van der Waals surface area contributed by atoms with Crippen LogP contribution in [0.5, 0.6) is 0 Å². The molecule has 0 aliphatic carbocycles. The molecule has 2 aromatic rings. The van der Waals surface area contributed by atoms with Gasteiger partial charge in [0.25, 0.3) is 0 Å². The van der Waals surface area contributed by atoms with Crippen molar-refractivity contribution in [3.8, 4) is 0 Å². The molecule has 0 spiro atoms. The average Bonchev–Trinajstić information content (AvgIpc) is 2.83. The van der Waals surface area contributed by atoms with Crippen LogP contribution in [0, 0.1) is 0 Å². The van der Waals surface area contributed by atoms with Gasteiger partial charge in [-0.3, -0.25) is 4.79 Å². The summed E-state index contributed by atoms with van der Waals surface area (Å²) in [6.45, 7) is 0.664. The molecular weight excluding hydrogens is 274 g/mol. The monoisotopic (exact) mass is 291 g/mol. The molecule has 0 radical (unpaired) electrons. The van der Waals surface area contributed by atoms with Crippen LogP contribution < -0.4 is 10.2 Å². The zero-order valence-corrected chi connectivity index (χ0v) is 12.3. The fourth-order valence-corrected chi connectivity index (χ4v) is 2.78. The molecule has 6 heteroatoms. The summed E-state index contributed by atoms with van der Waals surface area (Å²) in [4.78, 5) is 18.9. The zero-order valence-electron chi connectivity index (χ0n) is 11.5. The van der Waals surface area contributed by atoms with Crippen molar-refractivity contribution < 1.29 is 9.90 Å². The van der Waals surface area contributed by atoms with Crippen LogP contribution in [0.3, 0.4) is 0 Å². The standard InChI is InChI=1S/C14H17N3O2S/c1-17(2)14-12(4-3-7-15-14)16-9-11-6-5-10(20-11)8-13(18)19/h3-7,16H,8-9H2,1-2H3,(H,18,19). The molecule has 0 aromatic carbocycles. The first-order valence-corrected chi connectivity index (χ1v) is 7.03. The van der Waals surface area contributed by atoms with E-state index < -0.39 is 5.97 Å². The Kier molecular flexibility index (Phi) is 4.57. The number of rotatable bonds is 6. The Morgan fingerprint density at radius 1 is 1.35 bits per heavy atom. The fraction of sp³-hybridized carbons (Fsp3) is 0.286. The van der Waals surface area contributed by atoms with Crippen LogP contribution in [0.1, 0.15) is 9.75 Å². The van der Waals surface area contributed by atoms with Crippen molar-refractivity contribution in [1.29, 1.82) is 0 Å². The van der Waals surface area contributed by atoms with Crippen LogP contribution in [0.2, 0.25) is 0 Å². The molecule has 2 heterocycles. The molecular formula is C14H17N3O2S. The highest BCUT2D eigenvalue weighted by Crippen LogP contribution is 2.23. The lowest BCUT2D eigenvalue weighted by molar-refractivity contribution is -0.136. The first-order valence-electron chi connectivity index (χ1n) is 6.22. The van der Waals surface area contributed by atoms with E-state index in [1.54, 1.807) is 6.20 Å². The maximum Gasteiger partial charge on any atom is 0.308 e. The van der Waals surface area contributed by atoms with Gasteiger partial charge in [0.15, 0.2) is 5.82 Å². The summed E-state index contributed by atoms with van der Waals surface area (Å²) in [7, 11) is 3.90. The normalized spacial score (nSPS) is 10.3. The molecule has 0 amide bonds. The van der Waals surface area contributed by atoms with E-state index in [1.165, 1.54) is 11.3 Å². The summed E-state index contributed by atoms with van der Waals surface area (Å²) in [6, 6.07) is 7.70. The van der Waals surface area contributed by atoms with Gasteiger partial charge in [-0.25, -0.2) is 4.98 Å². The van der Waals surface area contributed by atoms with Crippen molar-refractivity contribution in [2.75, 3.05) is 24.3 Å². The van der Waals surface area contributed by atoms with Gasteiger partial charge < -0.3 is 15.3 Å². The second-order valence-corrected chi connectivity index (χ2v) is 5.81. The first-order chi connectivity index (χ1) is 9.56. The number of nitrogens with zero attached hydrogens (tertiary/aromatic N) is 2. The van der Waals surface area contributed by atoms with Gasteiger partial charge in [-0.1, -0.05) is 0 Å². The lowest BCUT2D eigenvalue weighted by atomic mass is 10.3. The van der Waals surface area contributed by atoms with Crippen molar-refractivity contribution in [3.05, 3.63) is 40.2 Å². The second kappa shape index (κ2) is 6.38. The molecule has 2 rings (SSSR count). The van der Waals surface area contributed by atoms with E-state index in [4.69, 9.17) is 5.11 Å². The Morgan fingerprint density at radius 2 is 2.10 bits per heavy atom. The van der Waals surface area contributed by atoms with E-state index in [1.807, 2.05) is 43.3 Å². The first kappa shape index (κ1) is 14.3.